The molecule has 0 fully saturated rings. The normalized spacial score (nSPS) is 14.4. The van der Waals surface area contributed by atoms with Crippen LogP contribution in [0.25, 0.3) is 0 Å². The second-order valence-corrected chi connectivity index (χ2v) is 16.6. The van der Waals surface area contributed by atoms with Gasteiger partial charge in [0.05, 0.1) is 0 Å². The fourth-order valence-electron chi connectivity index (χ4n) is 1.07. The van der Waals surface area contributed by atoms with Crippen LogP contribution in [0.15, 0.2) is 0 Å². The maximum absolute atomic E-state index is 6.29. The van der Waals surface area contributed by atoms with Gasteiger partial charge in [0.15, 0.2) is 0 Å². The van der Waals surface area contributed by atoms with Gasteiger partial charge in [-0.15, -0.1) is 0 Å². The number of unbranched alkanes of at least 4 members (excludes halogenated alkanes) is 2. The number of halogens is 5. The quantitative estimate of drug-likeness (QED) is 0.236. The Morgan fingerprint density at radius 1 is 0.850 bits per heavy atom. The maximum atomic E-state index is 6.29. The van der Waals surface area contributed by atoms with Gasteiger partial charge < -0.3 is 0 Å². The Balaban J connectivity index is 0. The van der Waals surface area contributed by atoms with Crippen LogP contribution < -0.4 is 0 Å². The van der Waals surface area contributed by atoms with E-state index in [1.54, 1.807) is 0 Å². The van der Waals surface area contributed by atoms with Crippen molar-refractivity contribution in [2.75, 3.05) is 19.8 Å². The van der Waals surface area contributed by atoms with Gasteiger partial charge in [-0.3, -0.25) is 0 Å². The largest absolute Gasteiger partial charge is 0 e. The molecular formula is C10H20Cl5O3Ti2. The van der Waals surface area contributed by atoms with E-state index in [0.717, 1.165) is 25.7 Å². The van der Waals surface area contributed by atoms with Crippen LogP contribution in [0.1, 0.15) is 39.5 Å². The van der Waals surface area contributed by atoms with E-state index in [4.69, 9.17) is 63.4 Å². The molecular weight excluding hydrogens is 441 g/mol. The summed E-state index contributed by atoms with van der Waals surface area (Å²) in [7, 11) is 12.6. The summed E-state index contributed by atoms with van der Waals surface area (Å²) in [6.45, 7) is 4.47. The summed E-state index contributed by atoms with van der Waals surface area (Å²) in [6.07, 6.45) is 3.48. The monoisotopic (exact) mass is 459 g/mol. The molecule has 0 spiro atoms. The molecule has 0 aromatic carbocycles. The molecule has 0 saturated heterocycles. The van der Waals surface area contributed by atoms with E-state index in [2.05, 4.69) is 0 Å². The summed E-state index contributed by atoms with van der Waals surface area (Å²) in [5.74, 6) is 0. The molecule has 3 nitrogen and oxygen atoms in total. The van der Waals surface area contributed by atoms with Crippen LogP contribution in [0.4, 0.5) is 0 Å². The zero-order chi connectivity index (χ0) is 15.0. The van der Waals surface area contributed by atoms with Crippen molar-refractivity contribution in [1.29, 1.82) is 0 Å². The first-order valence-corrected chi connectivity index (χ1v) is 13.5. The van der Waals surface area contributed by atoms with Gasteiger partial charge in [-0.05, 0) is 0 Å². The predicted octanol–water partition coefficient (Wildman–Crippen LogP) is 5.75. The zero-order valence-electron chi connectivity index (χ0n) is 11.6. The molecule has 10 heteroatoms. The van der Waals surface area contributed by atoms with Crippen molar-refractivity contribution < 1.29 is 46.0 Å². The fourth-order valence-corrected chi connectivity index (χ4v) is 5.92. The zero-order valence-corrected chi connectivity index (χ0v) is 18.5. The molecule has 0 rings (SSSR count). The smallest absolute Gasteiger partial charge is 0 e. The van der Waals surface area contributed by atoms with E-state index in [-0.39, 0.29) is 28.3 Å². The molecule has 0 aliphatic rings. The molecule has 0 amide bonds. The van der Waals surface area contributed by atoms with Crippen molar-refractivity contribution >= 4 is 53.4 Å². The van der Waals surface area contributed by atoms with Crippen molar-refractivity contribution in [3.8, 4) is 0 Å². The molecule has 0 saturated carbocycles. The molecule has 0 unspecified atom stereocenters. The summed E-state index contributed by atoms with van der Waals surface area (Å²) in [6, 6.07) is 0. The first-order valence-electron chi connectivity index (χ1n) is 6.19. The molecule has 0 atom stereocenters. The molecule has 0 aliphatic heterocycles. The number of hydrogen-bond donors (Lipinski definition) is 0. The molecule has 0 heterocycles. The van der Waals surface area contributed by atoms with Gasteiger partial charge in [0.2, 0.25) is 0 Å². The molecule has 0 bridgehead atoms. The van der Waals surface area contributed by atoms with Gasteiger partial charge in [-0.2, -0.15) is 0 Å². The Kier molecular flexibility index (Phi) is 14.2. The Hall–Kier alpha value is 2.76. The maximum Gasteiger partial charge on any atom is 0 e. The van der Waals surface area contributed by atoms with Crippen LogP contribution in [0.3, 0.4) is 0 Å². The molecule has 20 heavy (non-hydrogen) atoms. The third-order valence-corrected chi connectivity index (χ3v) is 8.13. The first kappa shape index (κ1) is 25.0. The van der Waals surface area contributed by atoms with Crippen LogP contribution >= 0.6 is 53.4 Å². The Morgan fingerprint density at radius 2 is 1.25 bits per heavy atom. The second-order valence-electron chi connectivity index (χ2n) is 4.09. The molecule has 121 valence electrons. The Morgan fingerprint density at radius 3 is 1.55 bits per heavy atom. The van der Waals surface area contributed by atoms with E-state index in [0.29, 0.717) is 13.2 Å². The third kappa shape index (κ3) is 13.2. The average Bonchev–Trinajstić information content (AvgIpc) is 2.27. The van der Waals surface area contributed by atoms with Gasteiger partial charge in [-0.25, -0.2) is 0 Å². The van der Waals surface area contributed by atoms with Crippen molar-refractivity contribution in [2.45, 2.75) is 43.3 Å². The molecule has 0 N–H and O–H groups in total. The third-order valence-electron chi connectivity index (χ3n) is 2.12. The minimum atomic E-state index is -4.96. The van der Waals surface area contributed by atoms with Crippen LogP contribution in [0.5, 0.6) is 0 Å². The standard InChI is InChI=1S/2C4H9O.C2H2Cl3O.2ClH.2Ti/c2*1-2-3-4-5;3-2(4,5)1-6;;;;/h2*2-4H2,1H3;1H2;2*1H;;/q3*-1;;;;+5/p-2. The van der Waals surface area contributed by atoms with Gasteiger partial charge in [0.25, 0.3) is 0 Å². The van der Waals surface area contributed by atoms with E-state index < -0.39 is 18.1 Å². The van der Waals surface area contributed by atoms with Gasteiger partial charge >= 0.3 is 141 Å². The summed E-state index contributed by atoms with van der Waals surface area (Å²) >= 11 is 11.9. The Labute approximate surface area is 161 Å². The van der Waals surface area contributed by atoms with Crippen LogP contribution in [-0.2, 0) is 46.0 Å². The molecule has 0 aromatic heterocycles. The second kappa shape index (κ2) is 11.3. The Bertz CT molecular complexity index is 250. The minimum absolute atomic E-state index is 0. The van der Waals surface area contributed by atoms with E-state index >= 15 is 0 Å². The first-order chi connectivity index (χ1) is 8.61. The van der Waals surface area contributed by atoms with Crippen molar-refractivity contribution in [3.05, 3.63) is 0 Å². The van der Waals surface area contributed by atoms with E-state index in [1.807, 2.05) is 13.8 Å². The fraction of sp³-hybridized carbons (Fsp3) is 1.00. The van der Waals surface area contributed by atoms with Crippen molar-refractivity contribution in [1.82, 2.24) is 0 Å². The predicted molar refractivity (Wildman–Crippen MR) is 79.7 cm³/mol. The van der Waals surface area contributed by atoms with Crippen LogP contribution in [0.2, 0.25) is 0 Å². The topological polar surface area (TPSA) is 27.7 Å². The van der Waals surface area contributed by atoms with Crippen LogP contribution in [-0.4, -0.2) is 23.6 Å². The molecule has 0 aromatic rings. The number of hydrogen-bond acceptors (Lipinski definition) is 3. The van der Waals surface area contributed by atoms with Crippen molar-refractivity contribution in [3.63, 3.8) is 0 Å². The van der Waals surface area contributed by atoms with Gasteiger partial charge in [0, 0.05) is 21.7 Å². The van der Waals surface area contributed by atoms with E-state index in [1.165, 1.54) is 0 Å². The van der Waals surface area contributed by atoms with E-state index in [9.17, 15) is 0 Å². The summed E-state index contributed by atoms with van der Waals surface area (Å²) in [4.78, 5) is 0. The average molecular weight is 461 g/mol. The number of alkyl halides is 3. The summed E-state index contributed by atoms with van der Waals surface area (Å²) in [5, 5.41) is 0. The SMILES string of the molecule is CCCC[O][Ti]([Cl])([Cl])([O]CCCC)[O]CC(Cl)(Cl)Cl.[Ti]. The van der Waals surface area contributed by atoms with Crippen molar-refractivity contribution in [2.24, 2.45) is 0 Å². The van der Waals surface area contributed by atoms with Gasteiger partial charge in [-0.1, -0.05) is 0 Å². The molecule has 0 radical (unpaired) electrons. The number of rotatable bonds is 10. The van der Waals surface area contributed by atoms with Gasteiger partial charge in [0.1, 0.15) is 0 Å². The molecule has 0 aliphatic carbocycles. The summed E-state index contributed by atoms with van der Waals surface area (Å²) in [5.41, 5.74) is 0. The summed E-state index contributed by atoms with van der Waals surface area (Å²) < 4.78 is 14.7. The van der Waals surface area contributed by atoms with Crippen LogP contribution in [0, 0.1) is 0 Å². The minimum Gasteiger partial charge on any atom is 0 e.